The highest BCUT2D eigenvalue weighted by Crippen LogP contribution is 2.32. The number of benzene rings is 2. The summed E-state index contributed by atoms with van der Waals surface area (Å²) in [6.45, 7) is 4.36. The predicted octanol–water partition coefficient (Wildman–Crippen LogP) is 4.62. The van der Waals surface area contributed by atoms with Crippen LogP contribution in [0.3, 0.4) is 0 Å². The van der Waals surface area contributed by atoms with Gasteiger partial charge in [-0.25, -0.2) is 0 Å². The fourth-order valence-corrected chi connectivity index (χ4v) is 4.55. The Morgan fingerprint density at radius 1 is 1.00 bits per heavy atom. The lowest BCUT2D eigenvalue weighted by atomic mass is 10.0. The summed E-state index contributed by atoms with van der Waals surface area (Å²) >= 11 is 0. The zero-order valence-corrected chi connectivity index (χ0v) is 18.4. The lowest BCUT2D eigenvalue weighted by Crippen LogP contribution is -2.36. The number of esters is 1. The summed E-state index contributed by atoms with van der Waals surface area (Å²) in [7, 11) is 1.40. The molecule has 0 spiro atoms. The van der Waals surface area contributed by atoms with Crippen LogP contribution in [0.4, 0.5) is 0 Å². The van der Waals surface area contributed by atoms with Crippen molar-refractivity contribution in [3.63, 3.8) is 0 Å². The van der Waals surface area contributed by atoms with Gasteiger partial charge < -0.3 is 14.2 Å². The molecule has 0 fully saturated rings. The summed E-state index contributed by atoms with van der Waals surface area (Å²) in [6, 6.07) is 17.1. The molecule has 0 saturated heterocycles. The molecule has 0 radical (unpaired) electrons. The second kappa shape index (κ2) is 9.38. The number of carbonyl (C=O) groups is 2. The van der Waals surface area contributed by atoms with Crippen molar-refractivity contribution in [1.29, 1.82) is 0 Å². The second-order valence-corrected chi connectivity index (χ2v) is 8.30. The number of methoxy groups -OCH3 is 1. The number of hydrogen-bond donors (Lipinski definition) is 0. The van der Waals surface area contributed by atoms with E-state index in [1.165, 1.54) is 40.4 Å². The van der Waals surface area contributed by atoms with E-state index in [2.05, 4.69) is 64.8 Å². The molecule has 2 heterocycles. The summed E-state index contributed by atoms with van der Waals surface area (Å²) < 4.78 is 7.07. The van der Waals surface area contributed by atoms with E-state index in [9.17, 15) is 9.59 Å². The lowest BCUT2D eigenvalue weighted by molar-refractivity contribution is -0.141. The monoisotopic (exact) mass is 418 g/mol. The van der Waals surface area contributed by atoms with Gasteiger partial charge in [0.15, 0.2) is 0 Å². The smallest absolute Gasteiger partial charge is 0.305 e. The molecule has 3 aromatic rings. The van der Waals surface area contributed by atoms with Crippen molar-refractivity contribution < 1.29 is 14.3 Å². The first-order valence-electron chi connectivity index (χ1n) is 11.1. The van der Waals surface area contributed by atoms with Gasteiger partial charge in [-0.15, -0.1) is 0 Å². The number of carbonyl (C=O) groups excluding carboxylic acids is 2. The van der Waals surface area contributed by atoms with E-state index in [1.807, 2.05) is 4.90 Å². The molecule has 1 amide bonds. The molecular weight excluding hydrogens is 388 g/mol. The number of fused-ring (bicyclic) bond motifs is 3. The Hall–Kier alpha value is -3.08. The largest absolute Gasteiger partial charge is 0.469 e. The van der Waals surface area contributed by atoms with Crippen LogP contribution >= 0.6 is 0 Å². The first-order chi connectivity index (χ1) is 15.1. The van der Waals surface area contributed by atoms with Crippen LogP contribution in [-0.4, -0.2) is 35.0 Å². The molecule has 2 aromatic carbocycles. The Kier molecular flexibility index (Phi) is 6.40. The molecule has 4 rings (SSSR count). The van der Waals surface area contributed by atoms with Crippen molar-refractivity contribution in [2.45, 2.75) is 52.1 Å². The zero-order chi connectivity index (χ0) is 21.8. The summed E-state index contributed by atoms with van der Waals surface area (Å²) in [4.78, 5) is 26.1. The van der Waals surface area contributed by atoms with E-state index in [-0.39, 0.29) is 11.9 Å². The van der Waals surface area contributed by atoms with Gasteiger partial charge in [0.05, 0.1) is 13.7 Å². The number of unbranched alkanes of at least 4 members (excludes halogenated alkanes) is 1. The number of hydrogen-bond acceptors (Lipinski definition) is 3. The first-order valence-corrected chi connectivity index (χ1v) is 11.1. The van der Waals surface area contributed by atoms with E-state index in [4.69, 9.17) is 0 Å². The zero-order valence-electron chi connectivity index (χ0n) is 18.4. The average molecular weight is 419 g/mol. The van der Waals surface area contributed by atoms with Crippen molar-refractivity contribution in [2.75, 3.05) is 13.7 Å². The molecule has 0 saturated carbocycles. The van der Waals surface area contributed by atoms with Crippen LogP contribution in [0.1, 0.15) is 48.1 Å². The Balaban J connectivity index is 1.54. The molecule has 1 aromatic heterocycles. The quantitative estimate of drug-likeness (QED) is 0.416. The minimum atomic E-state index is -0.212. The maximum absolute atomic E-state index is 12.9. The fraction of sp³-hybridized carbons (Fsp3) is 0.385. The molecule has 5 heteroatoms. The van der Waals surface area contributed by atoms with Crippen LogP contribution in [-0.2, 0) is 33.8 Å². The molecule has 1 aliphatic heterocycles. The Labute approximate surface area is 183 Å². The minimum Gasteiger partial charge on any atom is -0.469 e. The van der Waals surface area contributed by atoms with Gasteiger partial charge in [-0.3, -0.25) is 9.59 Å². The second-order valence-electron chi connectivity index (χ2n) is 8.30. The molecular formula is C26H30N2O3. The summed E-state index contributed by atoms with van der Waals surface area (Å²) in [5.74, 6) is -0.0426. The van der Waals surface area contributed by atoms with Gasteiger partial charge in [0.2, 0.25) is 5.91 Å². The predicted molar refractivity (Wildman–Crippen MR) is 122 cm³/mol. The molecule has 31 heavy (non-hydrogen) atoms. The van der Waals surface area contributed by atoms with E-state index in [1.54, 1.807) is 0 Å². The Bertz CT molecular complexity index is 1100. The van der Waals surface area contributed by atoms with Gasteiger partial charge in [0, 0.05) is 42.5 Å². The summed E-state index contributed by atoms with van der Waals surface area (Å²) in [5, 5.41) is 1.30. The third-order valence-corrected chi connectivity index (χ3v) is 6.36. The lowest BCUT2D eigenvalue weighted by Gasteiger charge is -2.29. The minimum absolute atomic E-state index is 0.170. The topological polar surface area (TPSA) is 51.5 Å². The molecule has 0 unspecified atom stereocenters. The van der Waals surface area contributed by atoms with Crippen LogP contribution in [0.15, 0.2) is 48.5 Å². The van der Waals surface area contributed by atoms with Crippen LogP contribution < -0.4 is 0 Å². The third kappa shape index (κ3) is 4.50. The maximum Gasteiger partial charge on any atom is 0.305 e. The third-order valence-electron chi connectivity index (χ3n) is 6.36. The highest BCUT2D eigenvalue weighted by atomic mass is 16.5. The molecule has 0 N–H and O–H groups in total. The van der Waals surface area contributed by atoms with Gasteiger partial charge in [-0.1, -0.05) is 42.5 Å². The van der Waals surface area contributed by atoms with E-state index in [0.29, 0.717) is 32.2 Å². The van der Waals surface area contributed by atoms with Crippen molar-refractivity contribution in [3.05, 3.63) is 70.9 Å². The SMILES string of the molecule is COC(=O)CCCCC(=O)N1CCc2c(n(Cc3ccccc3C)c3ccccc23)C1. The number of para-hydroxylation sites is 1. The van der Waals surface area contributed by atoms with Crippen LogP contribution in [0.5, 0.6) is 0 Å². The van der Waals surface area contributed by atoms with E-state index < -0.39 is 0 Å². The normalized spacial score (nSPS) is 13.3. The van der Waals surface area contributed by atoms with Gasteiger partial charge in [0.25, 0.3) is 0 Å². The fourth-order valence-electron chi connectivity index (χ4n) is 4.55. The van der Waals surface area contributed by atoms with Crippen molar-refractivity contribution in [3.8, 4) is 0 Å². The van der Waals surface area contributed by atoms with Crippen molar-refractivity contribution >= 4 is 22.8 Å². The van der Waals surface area contributed by atoms with E-state index >= 15 is 0 Å². The van der Waals surface area contributed by atoms with Crippen LogP contribution in [0.2, 0.25) is 0 Å². The number of aryl methyl sites for hydroxylation is 1. The molecule has 1 aliphatic rings. The number of ether oxygens (including phenoxy) is 1. The van der Waals surface area contributed by atoms with Gasteiger partial charge in [-0.05, 0) is 48.9 Å². The number of amides is 1. The first kappa shape index (κ1) is 21.2. The highest BCUT2D eigenvalue weighted by Gasteiger charge is 2.26. The maximum atomic E-state index is 12.9. The van der Waals surface area contributed by atoms with Crippen LogP contribution in [0, 0.1) is 6.92 Å². The molecule has 0 bridgehead atoms. The number of nitrogens with zero attached hydrogens (tertiary/aromatic N) is 2. The van der Waals surface area contributed by atoms with Gasteiger partial charge in [-0.2, -0.15) is 0 Å². The summed E-state index contributed by atoms with van der Waals surface area (Å²) in [6.07, 6.45) is 3.13. The number of rotatable bonds is 7. The highest BCUT2D eigenvalue weighted by molar-refractivity contribution is 5.86. The van der Waals surface area contributed by atoms with E-state index in [0.717, 1.165) is 19.5 Å². The Morgan fingerprint density at radius 3 is 2.55 bits per heavy atom. The number of aromatic nitrogens is 1. The van der Waals surface area contributed by atoms with Gasteiger partial charge in [0.1, 0.15) is 0 Å². The summed E-state index contributed by atoms with van der Waals surface area (Å²) in [5.41, 5.74) is 6.45. The molecule has 162 valence electrons. The molecule has 0 aliphatic carbocycles. The Morgan fingerprint density at radius 2 is 1.74 bits per heavy atom. The van der Waals surface area contributed by atoms with Crippen molar-refractivity contribution in [1.82, 2.24) is 9.47 Å². The standard InChI is InChI=1S/C26H30N2O3/c1-19-9-3-4-10-20(19)17-28-23-12-6-5-11-21(23)22-15-16-27(18-24(22)28)25(29)13-7-8-14-26(30)31-2/h3-6,9-12H,7-8,13-18H2,1-2H3. The average Bonchev–Trinajstić information content (AvgIpc) is 3.11. The molecule has 5 nitrogen and oxygen atoms in total. The van der Waals surface area contributed by atoms with Crippen molar-refractivity contribution in [2.24, 2.45) is 0 Å². The van der Waals surface area contributed by atoms with Crippen LogP contribution in [0.25, 0.3) is 10.9 Å². The van der Waals surface area contributed by atoms with Gasteiger partial charge >= 0.3 is 5.97 Å². The molecule has 0 atom stereocenters.